The Morgan fingerprint density at radius 1 is 0.983 bits per heavy atom. The molecule has 0 aromatic heterocycles. The third-order valence-electron chi connectivity index (χ3n) is 12.3. The highest BCUT2D eigenvalue weighted by Gasteiger charge is 2.64. The molecule has 0 bridgehead atoms. The molecule has 1 heterocycles. The van der Waals surface area contributed by atoms with Crippen molar-refractivity contribution in [2.24, 2.45) is 40.9 Å². The standard InChI is InChI=1S/C45H60O13S/c1-27(24-46)20-35-36(54-25-49-6)22-31(43(52-9)53-10)23-45(35)41(51-8)37(42(48)57-45)40(47)44(5)34(28(2)18-19-56-58-59-32-14-12-11-13-15-32)17-16-33-38(44)29(3)21-30(4)39(33)55-26-50-7/h11-18,20,22,24,29-30,33-36,38-39,43H,19,21,23,25-26H2,1-10H3/b27-20+,28-18+/t29-,30-,33-,34-,35+,36-,38+,39-,44+,45-/m0/s1. The van der Waals surface area contributed by atoms with Gasteiger partial charge in [0.05, 0.1) is 37.3 Å². The molecule has 1 fully saturated rings. The average Bonchev–Trinajstić information content (AvgIpc) is 3.50. The molecular weight excluding hydrogens is 781 g/mol. The van der Waals surface area contributed by atoms with Crippen LogP contribution >= 0.6 is 12.0 Å². The minimum absolute atomic E-state index is 0.0232. The van der Waals surface area contributed by atoms with Crippen LogP contribution in [0.5, 0.6) is 0 Å². The summed E-state index contributed by atoms with van der Waals surface area (Å²) in [6, 6.07) is 9.58. The van der Waals surface area contributed by atoms with E-state index in [9.17, 15) is 9.59 Å². The highest BCUT2D eigenvalue weighted by atomic mass is 32.2. The number of esters is 1. The Morgan fingerprint density at radius 3 is 2.32 bits per heavy atom. The van der Waals surface area contributed by atoms with Crippen LogP contribution < -0.4 is 0 Å². The third-order valence-corrected chi connectivity index (χ3v) is 13.0. The predicted octanol–water partition coefficient (Wildman–Crippen LogP) is 7.14. The molecular formula is C45H60O13S. The van der Waals surface area contributed by atoms with Gasteiger partial charge in [0.25, 0.3) is 0 Å². The average molecular weight is 841 g/mol. The summed E-state index contributed by atoms with van der Waals surface area (Å²) in [5.74, 6) is -2.78. The van der Waals surface area contributed by atoms with E-state index in [4.69, 9.17) is 47.1 Å². The summed E-state index contributed by atoms with van der Waals surface area (Å²) in [6.45, 7) is 9.96. The molecule has 1 spiro atoms. The molecule has 13 nitrogen and oxygen atoms in total. The zero-order chi connectivity index (χ0) is 42.9. The number of ether oxygens (including phenoxy) is 8. The van der Waals surface area contributed by atoms with Gasteiger partial charge < -0.3 is 37.9 Å². The summed E-state index contributed by atoms with van der Waals surface area (Å²) >= 11 is 1.10. The number of fused-ring (bicyclic) bond motifs is 1. The van der Waals surface area contributed by atoms with Crippen LogP contribution in [0.2, 0.25) is 0 Å². The molecule has 14 heteroatoms. The number of aldehydes is 1. The maximum atomic E-state index is 15.9. The van der Waals surface area contributed by atoms with Crippen LogP contribution in [-0.2, 0) is 61.5 Å². The molecule has 0 saturated heterocycles. The number of hydrogen-bond acceptors (Lipinski definition) is 14. The van der Waals surface area contributed by atoms with Crippen molar-refractivity contribution in [3.8, 4) is 0 Å². The van der Waals surface area contributed by atoms with E-state index in [2.05, 4.69) is 26.0 Å². The van der Waals surface area contributed by atoms with Crippen molar-refractivity contribution in [1.29, 1.82) is 0 Å². The second kappa shape index (κ2) is 20.9. The van der Waals surface area contributed by atoms with E-state index in [-0.39, 0.29) is 67.7 Å². The highest BCUT2D eigenvalue weighted by Crippen LogP contribution is 2.59. The molecule has 4 aliphatic rings. The van der Waals surface area contributed by atoms with Crippen molar-refractivity contribution in [2.75, 3.05) is 55.7 Å². The summed E-state index contributed by atoms with van der Waals surface area (Å²) in [5.41, 5.74) is -1.23. The van der Waals surface area contributed by atoms with E-state index in [1.165, 1.54) is 28.4 Å². The molecule has 324 valence electrons. The molecule has 1 aromatic rings. The molecule has 0 amide bonds. The quantitative estimate of drug-likeness (QED) is 0.0125. The number of benzene rings is 1. The van der Waals surface area contributed by atoms with E-state index in [1.54, 1.807) is 20.1 Å². The molecule has 10 atom stereocenters. The Balaban J connectivity index is 1.65. The van der Waals surface area contributed by atoms with Gasteiger partial charge in [-0.3, -0.25) is 9.59 Å². The minimum Gasteiger partial charge on any atom is -0.496 e. The van der Waals surface area contributed by atoms with Gasteiger partial charge in [-0.25, -0.2) is 9.68 Å². The fourth-order valence-corrected chi connectivity index (χ4v) is 10.5. The molecule has 0 radical (unpaired) electrons. The second-order valence-electron chi connectivity index (χ2n) is 16.0. The first-order valence-electron chi connectivity index (χ1n) is 19.9. The van der Waals surface area contributed by atoms with Crippen LogP contribution in [0, 0.1) is 40.9 Å². The van der Waals surface area contributed by atoms with Crippen LogP contribution in [-0.4, -0.2) is 97.9 Å². The molecule has 1 aliphatic heterocycles. The summed E-state index contributed by atoms with van der Waals surface area (Å²) in [4.78, 5) is 49.2. The maximum absolute atomic E-state index is 15.9. The van der Waals surface area contributed by atoms with Crippen molar-refractivity contribution in [1.82, 2.24) is 0 Å². The summed E-state index contributed by atoms with van der Waals surface area (Å²) < 4.78 is 52.6. The number of Topliss-reactive ketones (excluding diaryl/α,β-unsaturated/α-hetero) is 1. The minimum atomic E-state index is -1.63. The van der Waals surface area contributed by atoms with Crippen molar-refractivity contribution in [2.45, 2.75) is 76.5 Å². The van der Waals surface area contributed by atoms with Gasteiger partial charge in [0.15, 0.2) is 23.4 Å². The fraction of sp³-hybridized carbons (Fsp3) is 0.578. The van der Waals surface area contributed by atoms with Crippen LogP contribution in [0.4, 0.5) is 0 Å². The van der Waals surface area contributed by atoms with Gasteiger partial charge in [0.1, 0.15) is 32.1 Å². The van der Waals surface area contributed by atoms with Crippen LogP contribution in [0.3, 0.4) is 0 Å². The zero-order valence-electron chi connectivity index (χ0n) is 35.8. The van der Waals surface area contributed by atoms with Gasteiger partial charge in [0, 0.05) is 57.0 Å². The number of ketones is 1. The third kappa shape index (κ3) is 9.56. The van der Waals surface area contributed by atoms with Gasteiger partial charge in [-0.2, -0.15) is 4.33 Å². The van der Waals surface area contributed by atoms with Crippen molar-refractivity contribution in [3.05, 3.63) is 88.8 Å². The molecule has 1 aromatic carbocycles. The van der Waals surface area contributed by atoms with Gasteiger partial charge in [-0.15, -0.1) is 0 Å². The smallest absolute Gasteiger partial charge is 0.346 e. The summed E-state index contributed by atoms with van der Waals surface area (Å²) in [5, 5.41) is 0. The lowest BCUT2D eigenvalue weighted by Crippen LogP contribution is -2.57. The van der Waals surface area contributed by atoms with E-state index in [0.717, 1.165) is 28.9 Å². The number of hydrogen-bond donors (Lipinski definition) is 0. The molecule has 1 saturated carbocycles. The number of allylic oxidation sites excluding steroid dienone is 3. The van der Waals surface area contributed by atoms with Gasteiger partial charge in [-0.05, 0) is 61.3 Å². The largest absolute Gasteiger partial charge is 0.496 e. The lowest BCUT2D eigenvalue weighted by Gasteiger charge is -2.55. The Labute approximate surface area is 352 Å². The Morgan fingerprint density at radius 2 is 1.68 bits per heavy atom. The first-order valence-corrected chi connectivity index (χ1v) is 20.6. The predicted molar refractivity (Wildman–Crippen MR) is 219 cm³/mol. The van der Waals surface area contributed by atoms with E-state index < -0.39 is 47.0 Å². The summed E-state index contributed by atoms with van der Waals surface area (Å²) in [7, 11) is 7.49. The van der Waals surface area contributed by atoms with Gasteiger partial charge >= 0.3 is 5.97 Å². The Hall–Kier alpha value is -3.44. The highest BCUT2D eigenvalue weighted by molar-refractivity contribution is 7.94. The molecule has 0 unspecified atom stereocenters. The molecule has 59 heavy (non-hydrogen) atoms. The van der Waals surface area contributed by atoms with Gasteiger partial charge in [-0.1, -0.05) is 74.9 Å². The molecule has 5 rings (SSSR count). The summed E-state index contributed by atoms with van der Waals surface area (Å²) in [6.07, 6.45) is 9.22. The SMILES string of the molecule is COCO[C@@H]1[C@H]2C=C[C@@H](/C(C)=C/COOSc3ccccc3)[C@@](C)(C(=O)C3=C(OC)[C@@]4(CC(C(OC)OC)=C[C@H](OCOC)[C@H]4/C=C(\C)C=O)OC3=O)[C@@H]2[C@@H](C)C[C@@H]1C. The van der Waals surface area contributed by atoms with Gasteiger partial charge in [0.2, 0.25) is 0 Å². The van der Waals surface area contributed by atoms with Crippen LogP contribution in [0.1, 0.15) is 47.5 Å². The Bertz CT molecular complexity index is 1780. The zero-order valence-corrected chi connectivity index (χ0v) is 36.6. The monoisotopic (exact) mass is 840 g/mol. The fourth-order valence-electron chi connectivity index (χ4n) is 10.0. The van der Waals surface area contributed by atoms with Crippen LogP contribution in [0.15, 0.2) is 93.7 Å². The lowest BCUT2D eigenvalue weighted by atomic mass is 9.48. The number of rotatable bonds is 20. The van der Waals surface area contributed by atoms with Crippen molar-refractivity contribution in [3.63, 3.8) is 0 Å². The number of carbonyl (C=O) groups is 3. The van der Waals surface area contributed by atoms with E-state index in [1.807, 2.05) is 56.3 Å². The van der Waals surface area contributed by atoms with Crippen molar-refractivity contribution < 1.29 is 61.5 Å². The number of methoxy groups -OCH3 is 5. The lowest BCUT2D eigenvalue weighted by molar-refractivity contribution is -0.179. The van der Waals surface area contributed by atoms with E-state index in [0.29, 0.717) is 17.4 Å². The van der Waals surface area contributed by atoms with Crippen molar-refractivity contribution >= 4 is 30.1 Å². The first-order chi connectivity index (χ1) is 28.4. The molecule has 0 N–H and O–H groups in total. The van der Waals surface area contributed by atoms with E-state index >= 15 is 4.79 Å². The topological polar surface area (TPSA) is 144 Å². The molecule has 3 aliphatic carbocycles. The second-order valence-corrected chi connectivity index (χ2v) is 16.8. The normalized spacial score (nSPS) is 32.3. The van der Waals surface area contributed by atoms with Crippen LogP contribution in [0.25, 0.3) is 0 Å². The Kier molecular flexibility index (Phi) is 16.5. The number of carbonyl (C=O) groups excluding carboxylic acids is 3. The maximum Gasteiger partial charge on any atom is 0.346 e. The first kappa shape index (κ1) is 46.6.